The van der Waals surface area contributed by atoms with E-state index in [2.05, 4.69) is 9.82 Å². The lowest BCUT2D eigenvalue weighted by molar-refractivity contribution is 0.0656. The topological polar surface area (TPSA) is 114 Å². The predicted octanol–water partition coefficient (Wildman–Crippen LogP) is 0.512. The maximum absolute atomic E-state index is 11.8. The Morgan fingerprint density at radius 3 is 2.67 bits per heavy atom. The molecule has 2 aromatic rings. The first kappa shape index (κ1) is 12.2. The summed E-state index contributed by atoms with van der Waals surface area (Å²) in [6.45, 7) is 0. The number of aromatic nitrogens is 2. The van der Waals surface area contributed by atoms with Crippen LogP contribution in [0.25, 0.3) is 0 Å². The van der Waals surface area contributed by atoms with Gasteiger partial charge in [-0.1, -0.05) is 0 Å². The van der Waals surface area contributed by atoms with Gasteiger partial charge in [0.1, 0.15) is 5.82 Å². The minimum Gasteiger partial charge on any atom is -0.475 e. The summed E-state index contributed by atoms with van der Waals surface area (Å²) in [6.07, 6.45) is 1.42. The molecule has 0 bridgehead atoms. The third kappa shape index (κ3) is 2.20. The van der Waals surface area contributed by atoms with Crippen molar-refractivity contribution in [3.63, 3.8) is 0 Å². The quantitative estimate of drug-likeness (QED) is 0.837. The first-order valence-electron chi connectivity index (χ1n) is 4.74. The lowest BCUT2D eigenvalue weighted by atomic mass is 10.5. The zero-order chi connectivity index (χ0) is 13.3. The van der Waals surface area contributed by atoms with Gasteiger partial charge in [-0.2, -0.15) is 13.5 Å². The number of sulfonamides is 1. The van der Waals surface area contributed by atoms with E-state index in [4.69, 9.17) is 9.52 Å². The molecule has 0 spiro atoms. The van der Waals surface area contributed by atoms with Crippen molar-refractivity contribution in [1.29, 1.82) is 0 Å². The molecule has 2 aromatic heterocycles. The van der Waals surface area contributed by atoms with Crippen LogP contribution in [0.1, 0.15) is 10.6 Å². The van der Waals surface area contributed by atoms with Crippen molar-refractivity contribution < 1.29 is 22.7 Å². The Hall–Kier alpha value is -2.29. The van der Waals surface area contributed by atoms with Crippen LogP contribution < -0.4 is 4.72 Å². The van der Waals surface area contributed by atoms with E-state index in [9.17, 15) is 13.2 Å². The molecule has 2 rings (SSSR count). The van der Waals surface area contributed by atoms with Crippen molar-refractivity contribution in [3.05, 3.63) is 30.2 Å². The highest BCUT2D eigenvalue weighted by molar-refractivity contribution is 7.92. The first-order chi connectivity index (χ1) is 8.40. The van der Waals surface area contributed by atoms with Gasteiger partial charge in [0.15, 0.2) is 0 Å². The molecule has 8 nitrogen and oxygen atoms in total. The standard InChI is InChI=1S/C9H9N3O5S/c1-12-7(4-5-10-12)11-18(15,16)8-3-2-6(17-8)9(13)14/h2-5,11H,1H3,(H,13,14). The largest absolute Gasteiger partial charge is 0.475 e. The third-order valence-electron chi connectivity index (χ3n) is 2.12. The van der Waals surface area contributed by atoms with Crippen molar-refractivity contribution in [2.24, 2.45) is 7.05 Å². The Bertz CT molecular complexity index is 685. The van der Waals surface area contributed by atoms with Crippen LogP contribution in [0.15, 0.2) is 33.9 Å². The molecule has 96 valence electrons. The summed E-state index contributed by atoms with van der Waals surface area (Å²) in [5.74, 6) is -1.54. The number of nitrogens with one attached hydrogen (secondary N) is 1. The van der Waals surface area contributed by atoms with Gasteiger partial charge in [0.25, 0.3) is 10.0 Å². The van der Waals surface area contributed by atoms with Crippen molar-refractivity contribution in [2.75, 3.05) is 4.72 Å². The number of rotatable bonds is 4. The molecule has 0 atom stereocenters. The van der Waals surface area contributed by atoms with E-state index in [1.807, 2.05) is 0 Å². The maximum Gasteiger partial charge on any atom is 0.371 e. The lowest BCUT2D eigenvalue weighted by Gasteiger charge is -2.04. The Labute approximate surface area is 102 Å². The zero-order valence-electron chi connectivity index (χ0n) is 9.19. The van der Waals surface area contributed by atoms with Gasteiger partial charge in [-0.25, -0.2) is 4.79 Å². The number of carboxylic acid groups (broad SMARTS) is 1. The lowest BCUT2D eigenvalue weighted by Crippen LogP contribution is -2.14. The smallest absolute Gasteiger partial charge is 0.371 e. The van der Waals surface area contributed by atoms with E-state index >= 15 is 0 Å². The van der Waals surface area contributed by atoms with Crippen LogP contribution in [0.4, 0.5) is 5.82 Å². The summed E-state index contributed by atoms with van der Waals surface area (Å²) < 4.78 is 32.0. The maximum atomic E-state index is 11.8. The van der Waals surface area contributed by atoms with Gasteiger partial charge in [0.2, 0.25) is 10.9 Å². The molecular weight excluding hydrogens is 262 g/mol. The molecular formula is C9H9N3O5S. The van der Waals surface area contributed by atoms with Crippen LogP contribution in [0.5, 0.6) is 0 Å². The highest BCUT2D eigenvalue weighted by atomic mass is 32.2. The number of hydrogen-bond donors (Lipinski definition) is 2. The van der Waals surface area contributed by atoms with Crippen LogP contribution in [0, 0.1) is 0 Å². The van der Waals surface area contributed by atoms with E-state index in [1.54, 1.807) is 7.05 Å². The van der Waals surface area contributed by atoms with Gasteiger partial charge in [-0.15, -0.1) is 0 Å². The Morgan fingerprint density at radius 1 is 1.44 bits per heavy atom. The fourth-order valence-corrected chi connectivity index (χ4v) is 2.26. The number of furan rings is 1. The number of carboxylic acids is 1. The van der Waals surface area contributed by atoms with Gasteiger partial charge in [-0.05, 0) is 12.1 Å². The van der Waals surface area contributed by atoms with E-state index in [0.717, 1.165) is 12.1 Å². The zero-order valence-corrected chi connectivity index (χ0v) is 10.0. The molecule has 0 amide bonds. The number of hydrogen-bond acceptors (Lipinski definition) is 5. The Balaban J connectivity index is 2.31. The van der Waals surface area contributed by atoms with Crippen LogP contribution in [0.3, 0.4) is 0 Å². The molecule has 9 heteroatoms. The van der Waals surface area contributed by atoms with Crippen LogP contribution >= 0.6 is 0 Å². The van der Waals surface area contributed by atoms with Crippen LogP contribution in [-0.4, -0.2) is 29.3 Å². The number of aromatic carboxylic acids is 1. The molecule has 0 saturated carbocycles. The van der Waals surface area contributed by atoms with Crippen molar-refractivity contribution in [2.45, 2.75) is 5.09 Å². The second-order valence-electron chi connectivity index (χ2n) is 3.37. The second-order valence-corrected chi connectivity index (χ2v) is 4.98. The van der Waals surface area contributed by atoms with E-state index < -0.39 is 26.8 Å². The number of nitrogens with zero attached hydrogens (tertiary/aromatic N) is 2. The van der Waals surface area contributed by atoms with Gasteiger partial charge in [0, 0.05) is 13.1 Å². The molecule has 0 unspecified atom stereocenters. The average molecular weight is 271 g/mol. The van der Waals surface area contributed by atoms with Gasteiger partial charge < -0.3 is 9.52 Å². The van der Waals surface area contributed by atoms with Crippen LogP contribution in [0.2, 0.25) is 0 Å². The molecule has 0 aliphatic rings. The number of carbonyl (C=O) groups is 1. The van der Waals surface area contributed by atoms with E-state index in [-0.39, 0.29) is 5.82 Å². The summed E-state index contributed by atoms with van der Waals surface area (Å²) in [7, 11) is -2.40. The predicted molar refractivity (Wildman–Crippen MR) is 59.7 cm³/mol. The van der Waals surface area contributed by atoms with Crippen molar-refractivity contribution in [3.8, 4) is 0 Å². The summed E-state index contributed by atoms with van der Waals surface area (Å²) in [6, 6.07) is 3.60. The molecule has 0 aliphatic carbocycles. The molecule has 0 aliphatic heterocycles. The Morgan fingerprint density at radius 2 is 2.17 bits per heavy atom. The molecule has 0 aromatic carbocycles. The minimum absolute atomic E-state index is 0.239. The monoisotopic (exact) mass is 271 g/mol. The molecule has 0 radical (unpaired) electrons. The normalized spacial score (nSPS) is 11.4. The molecule has 18 heavy (non-hydrogen) atoms. The second kappa shape index (κ2) is 4.18. The number of anilines is 1. The van der Waals surface area contributed by atoms with E-state index in [1.165, 1.54) is 16.9 Å². The fourth-order valence-electron chi connectivity index (χ4n) is 1.24. The summed E-state index contributed by atoms with van der Waals surface area (Å²) in [4.78, 5) is 10.6. The number of aryl methyl sites for hydroxylation is 1. The van der Waals surface area contributed by atoms with Crippen LogP contribution in [-0.2, 0) is 17.1 Å². The van der Waals surface area contributed by atoms with Gasteiger partial charge >= 0.3 is 5.97 Å². The summed E-state index contributed by atoms with van der Waals surface area (Å²) in [5, 5.41) is 12.0. The SMILES string of the molecule is Cn1nccc1NS(=O)(=O)c1ccc(C(=O)O)o1. The average Bonchev–Trinajstić information content (AvgIpc) is 2.88. The van der Waals surface area contributed by atoms with E-state index in [0.29, 0.717) is 0 Å². The molecule has 2 N–H and O–H groups in total. The molecule has 0 saturated heterocycles. The summed E-state index contributed by atoms with van der Waals surface area (Å²) >= 11 is 0. The highest BCUT2D eigenvalue weighted by Gasteiger charge is 2.21. The highest BCUT2D eigenvalue weighted by Crippen LogP contribution is 2.17. The van der Waals surface area contributed by atoms with Crippen molar-refractivity contribution in [1.82, 2.24) is 9.78 Å². The fraction of sp³-hybridized carbons (Fsp3) is 0.111. The Kier molecular flexibility index (Phi) is 2.83. The molecule has 0 fully saturated rings. The minimum atomic E-state index is -3.96. The first-order valence-corrected chi connectivity index (χ1v) is 6.22. The third-order valence-corrected chi connectivity index (χ3v) is 3.34. The van der Waals surface area contributed by atoms with Crippen molar-refractivity contribution >= 4 is 21.8 Å². The molecule has 2 heterocycles. The summed E-state index contributed by atoms with van der Waals surface area (Å²) in [5.41, 5.74) is 0. The van der Waals surface area contributed by atoms with Gasteiger partial charge in [0.05, 0.1) is 6.20 Å². The van der Waals surface area contributed by atoms with Gasteiger partial charge in [-0.3, -0.25) is 9.40 Å².